The number of fused-ring (bicyclic) bond motifs is 1. The molecule has 1 saturated heterocycles. The van der Waals surface area contributed by atoms with Gasteiger partial charge < -0.3 is 5.32 Å². The van der Waals surface area contributed by atoms with Gasteiger partial charge in [0.2, 0.25) is 0 Å². The molecular weight excluding hydrogens is 531 g/mol. The second-order valence-corrected chi connectivity index (χ2v) is 12.1. The summed E-state index contributed by atoms with van der Waals surface area (Å²) in [5, 5.41) is 13.9. The summed E-state index contributed by atoms with van der Waals surface area (Å²) in [7, 11) is 0. The van der Waals surface area contributed by atoms with Gasteiger partial charge in [0.05, 0.1) is 17.9 Å². The molecule has 2 aromatic heterocycles. The van der Waals surface area contributed by atoms with Crippen LogP contribution in [0.1, 0.15) is 71.6 Å². The molecular formula is C31H38F3N5S. The highest BCUT2D eigenvalue weighted by Gasteiger charge is 2.31. The fraction of sp³-hybridized carbons (Fsp3) is 0.516. The van der Waals surface area contributed by atoms with Crippen LogP contribution in [0.25, 0.3) is 16.3 Å². The van der Waals surface area contributed by atoms with Crippen molar-refractivity contribution in [2.45, 2.75) is 86.0 Å². The molecule has 0 amide bonds. The predicted molar refractivity (Wildman–Crippen MR) is 158 cm³/mol. The van der Waals surface area contributed by atoms with Crippen molar-refractivity contribution in [1.29, 1.82) is 5.26 Å². The van der Waals surface area contributed by atoms with Crippen LogP contribution in [0, 0.1) is 44.9 Å². The molecule has 1 aliphatic rings. The van der Waals surface area contributed by atoms with Crippen LogP contribution in [-0.4, -0.2) is 40.2 Å². The Hall–Kier alpha value is -2.96. The van der Waals surface area contributed by atoms with Crippen LogP contribution in [0.3, 0.4) is 0 Å². The molecule has 3 heterocycles. The average Bonchev–Trinajstić information content (AvgIpc) is 3.19. The van der Waals surface area contributed by atoms with Crippen LogP contribution in [0.5, 0.6) is 0 Å². The van der Waals surface area contributed by atoms with Crippen molar-refractivity contribution in [1.82, 2.24) is 14.9 Å². The minimum absolute atomic E-state index is 0.186. The van der Waals surface area contributed by atoms with Gasteiger partial charge in [-0.15, -0.1) is 11.3 Å². The normalized spacial score (nSPS) is 16.4. The number of thiophene rings is 1. The number of aryl methyl sites for hydroxylation is 3. The largest absolute Gasteiger partial charge is 0.393 e. The van der Waals surface area contributed by atoms with Crippen molar-refractivity contribution in [2.75, 3.05) is 18.4 Å². The van der Waals surface area contributed by atoms with Gasteiger partial charge in [-0.3, -0.25) is 4.90 Å². The van der Waals surface area contributed by atoms with Crippen LogP contribution in [0.4, 0.5) is 19.0 Å². The molecule has 214 valence electrons. The first-order valence-electron chi connectivity index (χ1n) is 13.9. The van der Waals surface area contributed by atoms with E-state index in [0.717, 1.165) is 61.4 Å². The van der Waals surface area contributed by atoms with Gasteiger partial charge in [0.25, 0.3) is 0 Å². The Morgan fingerprint density at radius 3 is 2.50 bits per heavy atom. The zero-order valence-corrected chi connectivity index (χ0v) is 25.0. The SMILES string of the molecule is CCC(C)/C(C#N)=C\c1c(C)ccc(CN2CCC(Nc3nc(C)nc4sc(CC(F)(F)F)c(C)c34)CC2)c1C. The first-order valence-corrected chi connectivity index (χ1v) is 14.7. The first-order chi connectivity index (χ1) is 18.9. The number of halogens is 3. The van der Waals surface area contributed by atoms with Crippen molar-refractivity contribution in [3.05, 3.63) is 56.2 Å². The highest BCUT2D eigenvalue weighted by Crippen LogP contribution is 2.37. The smallest absolute Gasteiger partial charge is 0.367 e. The van der Waals surface area contributed by atoms with E-state index in [1.165, 1.54) is 16.7 Å². The standard InChI is InChI=1S/C31H38F3N5S/c1-7-18(2)24(16-35)14-26-19(3)8-9-23(20(26)4)17-39-12-10-25(11-13-39)38-29-28-21(5)27(15-31(32,33)34)40-30(28)37-22(6)36-29/h8-9,14,18,25H,7,10-13,15,17H2,1-6H3,(H,36,37,38)/b24-14-. The van der Waals surface area contributed by atoms with Gasteiger partial charge in [0, 0.05) is 36.1 Å². The van der Waals surface area contributed by atoms with Crippen LogP contribution in [-0.2, 0) is 13.0 Å². The molecule has 5 nitrogen and oxygen atoms in total. The number of likely N-dealkylation sites (tertiary alicyclic amines) is 1. The second-order valence-electron chi connectivity index (χ2n) is 11.0. The number of allylic oxidation sites excluding steroid dienone is 1. The van der Waals surface area contributed by atoms with E-state index in [0.29, 0.717) is 32.3 Å². The number of piperidine rings is 1. The van der Waals surface area contributed by atoms with Crippen molar-refractivity contribution >= 4 is 33.4 Å². The Balaban J connectivity index is 1.46. The topological polar surface area (TPSA) is 64.8 Å². The molecule has 1 aliphatic heterocycles. The molecule has 1 atom stereocenters. The summed E-state index contributed by atoms with van der Waals surface area (Å²) in [6, 6.07) is 6.92. The van der Waals surface area contributed by atoms with E-state index in [1.807, 2.05) is 0 Å². The van der Waals surface area contributed by atoms with E-state index in [-0.39, 0.29) is 12.0 Å². The maximum atomic E-state index is 13.1. The molecule has 9 heteroatoms. The van der Waals surface area contributed by atoms with Gasteiger partial charge in [0.1, 0.15) is 16.5 Å². The molecule has 4 rings (SSSR count). The minimum Gasteiger partial charge on any atom is -0.367 e. The lowest BCUT2D eigenvalue weighted by atomic mass is 9.91. The summed E-state index contributed by atoms with van der Waals surface area (Å²) in [6.45, 7) is 14.6. The third kappa shape index (κ3) is 6.84. The molecule has 1 aromatic carbocycles. The Labute approximate surface area is 239 Å². The zero-order chi connectivity index (χ0) is 29.2. The highest BCUT2D eigenvalue weighted by molar-refractivity contribution is 7.19. The maximum Gasteiger partial charge on any atom is 0.393 e. The molecule has 40 heavy (non-hydrogen) atoms. The van der Waals surface area contributed by atoms with Crippen LogP contribution in [0.2, 0.25) is 0 Å². The fourth-order valence-corrected chi connectivity index (χ4v) is 6.63. The number of benzene rings is 1. The van der Waals surface area contributed by atoms with E-state index in [4.69, 9.17) is 0 Å². The summed E-state index contributed by atoms with van der Waals surface area (Å²) in [5.41, 5.74) is 6.24. The number of rotatable bonds is 8. The van der Waals surface area contributed by atoms with Crippen LogP contribution < -0.4 is 5.32 Å². The number of hydrogen-bond donors (Lipinski definition) is 1. The van der Waals surface area contributed by atoms with E-state index in [2.05, 4.69) is 72.2 Å². The molecule has 1 N–H and O–H groups in total. The van der Waals surface area contributed by atoms with Gasteiger partial charge in [-0.25, -0.2) is 9.97 Å². The third-order valence-corrected chi connectivity index (χ3v) is 9.29. The van der Waals surface area contributed by atoms with Gasteiger partial charge in [-0.1, -0.05) is 26.0 Å². The molecule has 1 fully saturated rings. The molecule has 0 radical (unpaired) electrons. The molecule has 0 bridgehead atoms. The Bertz CT molecular complexity index is 1440. The first kappa shape index (κ1) is 30.0. The number of nitrogens with one attached hydrogen (secondary N) is 1. The Morgan fingerprint density at radius 1 is 1.18 bits per heavy atom. The van der Waals surface area contributed by atoms with Crippen LogP contribution in [0.15, 0.2) is 17.7 Å². The zero-order valence-electron chi connectivity index (χ0n) is 24.2. The molecule has 0 spiro atoms. The second kappa shape index (κ2) is 12.3. The molecule has 0 aliphatic carbocycles. The summed E-state index contributed by atoms with van der Waals surface area (Å²) in [5.74, 6) is 1.43. The molecule has 1 unspecified atom stereocenters. The number of nitrogens with zero attached hydrogens (tertiary/aromatic N) is 4. The van der Waals surface area contributed by atoms with Crippen molar-refractivity contribution in [3.63, 3.8) is 0 Å². The van der Waals surface area contributed by atoms with Gasteiger partial charge in [0.15, 0.2) is 0 Å². The van der Waals surface area contributed by atoms with E-state index in [9.17, 15) is 18.4 Å². The number of alkyl halides is 3. The predicted octanol–water partition coefficient (Wildman–Crippen LogP) is 8.06. The van der Waals surface area contributed by atoms with E-state index >= 15 is 0 Å². The van der Waals surface area contributed by atoms with Crippen molar-refractivity contribution in [2.24, 2.45) is 5.92 Å². The maximum absolute atomic E-state index is 13.1. The summed E-state index contributed by atoms with van der Waals surface area (Å²) >= 11 is 1.11. The summed E-state index contributed by atoms with van der Waals surface area (Å²) < 4.78 is 39.3. The number of aromatic nitrogens is 2. The van der Waals surface area contributed by atoms with Gasteiger partial charge in [-0.2, -0.15) is 18.4 Å². The average molecular weight is 570 g/mol. The van der Waals surface area contributed by atoms with Gasteiger partial charge in [-0.05, 0) is 86.8 Å². The monoisotopic (exact) mass is 569 g/mol. The lowest BCUT2D eigenvalue weighted by Gasteiger charge is -2.33. The molecule has 0 saturated carbocycles. The lowest BCUT2D eigenvalue weighted by Crippen LogP contribution is -2.39. The lowest BCUT2D eigenvalue weighted by molar-refractivity contribution is -0.126. The van der Waals surface area contributed by atoms with Crippen molar-refractivity contribution in [3.8, 4) is 6.07 Å². The van der Waals surface area contributed by atoms with E-state index in [1.54, 1.807) is 13.8 Å². The quantitative estimate of drug-likeness (QED) is 0.278. The van der Waals surface area contributed by atoms with Gasteiger partial charge >= 0.3 is 6.18 Å². The minimum atomic E-state index is -4.26. The molecule has 3 aromatic rings. The van der Waals surface area contributed by atoms with Crippen LogP contribution >= 0.6 is 11.3 Å². The van der Waals surface area contributed by atoms with Crippen molar-refractivity contribution < 1.29 is 13.2 Å². The Kier molecular flexibility index (Phi) is 9.21. The number of hydrogen-bond acceptors (Lipinski definition) is 6. The summed E-state index contributed by atoms with van der Waals surface area (Å²) in [4.78, 5) is 12.4. The number of nitriles is 1. The Morgan fingerprint density at radius 2 is 1.88 bits per heavy atom. The highest BCUT2D eigenvalue weighted by atomic mass is 32.1. The fourth-order valence-electron chi connectivity index (χ4n) is 5.38. The summed E-state index contributed by atoms with van der Waals surface area (Å²) in [6.07, 6.45) is -0.382. The number of anilines is 1. The third-order valence-electron chi connectivity index (χ3n) is 8.10. The van der Waals surface area contributed by atoms with E-state index < -0.39 is 12.6 Å².